The van der Waals surface area contributed by atoms with E-state index >= 15 is 0 Å². The summed E-state index contributed by atoms with van der Waals surface area (Å²) in [6.45, 7) is 1.59. The zero-order valence-electron chi connectivity index (χ0n) is 21.4. The Morgan fingerprint density at radius 3 is 1.64 bits per heavy atom. The average molecular weight is 543 g/mol. The van der Waals surface area contributed by atoms with E-state index in [4.69, 9.17) is 23.7 Å². The predicted molar refractivity (Wildman–Crippen MR) is 149 cm³/mol. The molecule has 39 heavy (non-hydrogen) atoms. The zero-order chi connectivity index (χ0) is 26.4. The first kappa shape index (κ1) is 25.6. The van der Waals surface area contributed by atoms with E-state index in [0.717, 1.165) is 22.3 Å². The molecule has 0 aliphatic carbocycles. The van der Waals surface area contributed by atoms with Crippen LogP contribution in [0.3, 0.4) is 0 Å². The molecule has 2 fully saturated rings. The third-order valence-electron chi connectivity index (χ3n) is 6.69. The molecule has 7 heteroatoms. The molecule has 2 heterocycles. The quantitative estimate of drug-likeness (QED) is 0.218. The van der Waals surface area contributed by atoms with Crippen LogP contribution in [0.2, 0.25) is 0 Å². The number of benzene rings is 4. The van der Waals surface area contributed by atoms with Crippen LogP contribution in [0.4, 0.5) is 0 Å². The summed E-state index contributed by atoms with van der Waals surface area (Å²) in [4.78, 5) is 0. The van der Waals surface area contributed by atoms with Crippen molar-refractivity contribution in [2.45, 2.75) is 37.5 Å². The number of hydrogen-bond donors (Lipinski definition) is 0. The average Bonchev–Trinajstić information content (AvgIpc) is 3.67. The van der Waals surface area contributed by atoms with Gasteiger partial charge in [-0.25, -0.2) is 0 Å². The number of hydrogen-bond acceptors (Lipinski definition) is 6. The summed E-state index contributed by atoms with van der Waals surface area (Å²) in [5, 5.41) is 0. The molecule has 4 aromatic carbocycles. The van der Waals surface area contributed by atoms with Crippen molar-refractivity contribution in [2.24, 2.45) is 0 Å². The van der Waals surface area contributed by atoms with E-state index in [0.29, 0.717) is 49.4 Å². The Bertz CT molecular complexity index is 1330. The lowest BCUT2D eigenvalue weighted by Gasteiger charge is -2.19. The minimum absolute atomic E-state index is 0.252. The van der Waals surface area contributed by atoms with Crippen molar-refractivity contribution in [3.05, 3.63) is 125 Å². The summed E-state index contributed by atoms with van der Waals surface area (Å²) in [6.07, 6.45) is -0.508. The van der Waals surface area contributed by atoms with Crippen LogP contribution < -0.4 is 14.2 Å². The van der Waals surface area contributed by atoms with Gasteiger partial charge in [-0.05, 0) is 34.4 Å². The van der Waals surface area contributed by atoms with Crippen LogP contribution in [0, 0.1) is 0 Å². The lowest BCUT2D eigenvalue weighted by molar-refractivity contribution is 0.117. The monoisotopic (exact) mass is 542 g/mol. The molecule has 200 valence electrons. The maximum absolute atomic E-state index is 12.4. The SMILES string of the molecule is O=S1CCOC1[C@H]1O[C@@H]1c1cc(OCc2ccccc2)c(OCc2ccccc2)c(OCc2ccccc2)c1. The highest BCUT2D eigenvalue weighted by Crippen LogP contribution is 2.49. The Kier molecular flexibility index (Phi) is 7.90. The first-order valence-electron chi connectivity index (χ1n) is 13.1. The Hall–Kier alpha value is -3.65. The second-order valence-corrected chi connectivity index (χ2v) is 11.1. The van der Waals surface area contributed by atoms with E-state index in [1.807, 2.05) is 103 Å². The van der Waals surface area contributed by atoms with Gasteiger partial charge in [-0.3, -0.25) is 4.21 Å². The molecule has 2 aliphatic rings. The molecule has 2 unspecified atom stereocenters. The largest absolute Gasteiger partial charge is 0.485 e. The van der Waals surface area contributed by atoms with E-state index in [-0.39, 0.29) is 12.2 Å². The zero-order valence-corrected chi connectivity index (χ0v) is 22.3. The smallest absolute Gasteiger partial charge is 0.203 e. The Balaban J connectivity index is 1.32. The van der Waals surface area contributed by atoms with E-state index in [2.05, 4.69) is 0 Å². The Morgan fingerprint density at radius 2 is 1.18 bits per heavy atom. The fraction of sp³-hybridized carbons (Fsp3) is 0.250. The third-order valence-corrected chi connectivity index (χ3v) is 8.18. The highest BCUT2D eigenvalue weighted by Gasteiger charge is 2.51. The normalized spacial score (nSPS) is 21.8. The summed E-state index contributed by atoms with van der Waals surface area (Å²) in [7, 11) is -1.05. The number of ether oxygens (including phenoxy) is 5. The van der Waals surface area contributed by atoms with Crippen molar-refractivity contribution in [3.63, 3.8) is 0 Å². The molecule has 0 aromatic heterocycles. The highest BCUT2D eigenvalue weighted by molar-refractivity contribution is 7.85. The van der Waals surface area contributed by atoms with Crippen molar-refractivity contribution in [1.82, 2.24) is 0 Å². The van der Waals surface area contributed by atoms with Crippen LogP contribution in [0.5, 0.6) is 17.2 Å². The van der Waals surface area contributed by atoms with Crippen molar-refractivity contribution < 1.29 is 27.9 Å². The van der Waals surface area contributed by atoms with Gasteiger partial charge >= 0.3 is 0 Å². The molecule has 0 radical (unpaired) electrons. The van der Waals surface area contributed by atoms with Gasteiger partial charge in [-0.2, -0.15) is 0 Å². The van der Waals surface area contributed by atoms with E-state index in [9.17, 15) is 4.21 Å². The topological polar surface area (TPSA) is 66.5 Å². The molecular weight excluding hydrogens is 512 g/mol. The van der Waals surface area contributed by atoms with Crippen LogP contribution >= 0.6 is 0 Å². The third kappa shape index (κ3) is 6.33. The molecular formula is C32H30O6S. The van der Waals surface area contributed by atoms with Crippen molar-refractivity contribution in [2.75, 3.05) is 12.4 Å². The second-order valence-electron chi connectivity index (χ2n) is 9.51. The number of rotatable bonds is 11. The molecule has 0 bridgehead atoms. The minimum atomic E-state index is -1.05. The van der Waals surface area contributed by atoms with Gasteiger partial charge in [0, 0.05) is 5.75 Å². The molecule has 0 N–H and O–H groups in total. The molecule has 6 rings (SSSR count). The van der Waals surface area contributed by atoms with Gasteiger partial charge in [0.05, 0.1) is 17.4 Å². The molecule has 2 aliphatic heterocycles. The highest BCUT2D eigenvalue weighted by atomic mass is 32.2. The summed E-state index contributed by atoms with van der Waals surface area (Å²) in [6, 6.07) is 33.9. The van der Waals surface area contributed by atoms with Gasteiger partial charge in [0.1, 0.15) is 32.0 Å². The van der Waals surface area contributed by atoms with E-state index in [1.165, 1.54) is 0 Å². The molecule has 4 aromatic rings. The lowest BCUT2D eigenvalue weighted by Crippen LogP contribution is -2.19. The van der Waals surface area contributed by atoms with Gasteiger partial charge < -0.3 is 23.7 Å². The van der Waals surface area contributed by atoms with Crippen molar-refractivity contribution in [3.8, 4) is 17.2 Å². The fourth-order valence-electron chi connectivity index (χ4n) is 4.60. The molecule has 0 saturated carbocycles. The first-order valence-corrected chi connectivity index (χ1v) is 14.5. The van der Waals surface area contributed by atoms with Gasteiger partial charge in [0.15, 0.2) is 16.9 Å². The lowest BCUT2D eigenvalue weighted by atomic mass is 10.1. The molecule has 2 saturated heterocycles. The summed E-state index contributed by atoms with van der Waals surface area (Å²) < 4.78 is 43.2. The minimum Gasteiger partial charge on any atom is -0.485 e. The maximum atomic E-state index is 12.4. The van der Waals surface area contributed by atoms with Crippen LogP contribution in [-0.4, -0.2) is 28.1 Å². The maximum Gasteiger partial charge on any atom is 0.203 e. The summed E-state index contributed by atoms with van der Waals surface area (Å²) in [5.41, 5.74) is 3.59. The van der Waals surface area contributed by atoms with Crippen LogP contribution in [-0.2, 0) is 40.1 Å². The molecule has 6 nitrogen and oxygen atoms in total. The Morgan fingerprint density at radius 1 is 0.692 bits per heavy atom. The first-order chi connectivity index (χ1) is 19.2. The molecule has 0 spiro atoms. The van der Waals surface area contributed by atoms with Crippen LogP contribution in [0.1, 0.15) is 28.4 Å². The van der Waals surface area contributed by atoms with E-state index < -0.39 is 16.2 Å². The predicted octanol–water partition coefficient (Wildman–Crippen LogP) is 5.97. The number of epoxide rings is 1. The summed E-state index contributed by atoms with van der Waals surface area (Å²) in [5.74, 6) is 2.21. The van der Waals surface area contributed by atoms with Crippen LogP contribution in [0.25, 0.3) is 0 Å². The molecule has 0 amide bonds. The van der Waals surface area contributed by atoms with Gasteiger partial charge in [0.2, 0.25) is 5.75 Å². The standard InChI is InChI=1S/C32H30O6S/c33-39-17-16-34-32(39)31-29(38-31)26-18-27(35-20-23-10-4-1-5-11-23)30(37-22-25-14-8-3-9-15-25)28(19-26)36-21-24-12-6-2-7-13-24/h1-15,18-19,29,31-32H,16-17,20-22H2/t29-,31+,32?,39?/m1/s1. The molecule has 4 atom stereocenters. The second kappa shape index (κ2) is 12.0. The van der Waals surface area contributed by atoms with Crippen LogP contribution in [0.15, 0.2) is 103 Å². The summed E-state index contributed by atoms with van der Waals surface area (Å²) >= 11 is 0. The van der Waals surface area contributed by atoms with E-state index in [1.54, 1.807) is 0 Å². The van der Waals surface area contributed by atoms with Crippen molar-refractivity contribution >= 4 is 10.8 Å². The van der Waals surface area contributed by atoms with Gasteiger partial charge in [-0.1, -0.05) is 91.0 Å². The fourth-order valence-corrected chi connectivity index (χ4v) is 5.85. The van der Waals surface area contributed by atoms with Gasteiger partial charge in [-0.15, -0.1) is 0 Å². The Labute approximate surface area is 230 Å². The van der Waals surface area contributed by atoms with Crippen molar-refractivity contribution in [1.29, 1.82) is 0 Å². The van der Waals surface area contributed by atoms with Gasteiger partial charge in [0.25, 0.3) is 0 Å².